The normalized spacial score (nSPS) is 15.7. The quantitative estimate of drug-likeness (QED) is 0.260. The number of nitrogens with one attached hydrogen (secondary N) is 1. The number of amides is 1. The van der Waals surface area contributed by atoms with E-state index in [0.717, 1.165) is 11.3 Å². The molecule has 0 bridgehead atoms. The number of aromatic nitrogens is 1. The fourth-order valence-electron chi connectivity index (χ4n) is 3.12. The van der Waals surface area contributed by atoms with Crippen LogP contribution in [0.2, 0.25) is 0 Å². The Hall–Kier alpha value is -4.26. The molecule has 2 heterocycles. The highest BCUT2D eigenvalue weighted by molar-refractivity contribution is 7.22. The number of nitro groups is 2. The summed E-state index contributed by atoms with van der Waals surface area (Å²) in [6.45, 7) is 0. The van der Waals surface area contributed by atoms with Crippen LogP contribution in [0.1, 0.15) is 22.0 Å². The zero-order chi connectivity index (χ0) is 22.3. The fourth-order valence-corrected chi connectivity index (χ4v) is 4.02. The van der Waals surface area contributed by atoms with E-state index < -0.39 is 39.7 Å². The van der Waals surface area contributed by atoms with E-state index in [0.29, 0.717) is 10.2 Å². The second-order valence-corrected chi connectivity index (χ2v) is 7.42. The number of esters is 1. The molecule has 0 saturated heterocycles. The van der Waals surface area contributed by atoms with Gasteiger partial charge in [-0.05, 0) is 12.1 Å². The second-order valence-electron chi connectivity index (χ2n) is 6.39. The number of rotatable bonds is 6. The lowest BCUT2D eigenvalue weighted by Crippen LogP contribution is -2.42. The van der Waals surface area contributed by atoms with Gasteiger partial charge in [-0.3, -0.25) is 35.1 Å². The summed E-state index contributed by atoms with van der Waals surface area (Å²) in [5, 5.41) is 24.6. The molecule has 1 N–H and O–H groups in total. The zero-order valence-electron chi connectivity index (χ0n) is 15.2. The number of anilines is 1. The van der Waals surface area contributed by atoms with Crippen LogP contribution in [0.15, 0.2) is 42.5 Å². The van der Waals surface area contributed by atoms with Crippen LogP contribution in [0.25, 0.3) is 10.2 Å². The van der Waals surface area contributed by atoms with Crippen molar-refractivity contribution < 1.29 is 29.0 Å². The van der Waals surface area contributed by atoms with Gasteiger partial charge in [0.05, 0.1) is 20.7 Å². The molecule has 0 aliphatic carbocycles. The van der Waals surface area contributed by atoms with Gasteiger partial charge >= 0.3 is 17.9 Å². The molecule has 13 heteroatoms. The van der Waals surface area contributed by atoms with E-state index in [1.165, 1.54) is 42.5 Å². The number of nitro benzene ring substituents is 1. The van der Waals surface area contributed by atoms with Gasteiger partial charge in [-0.2, -0.15) is 0 Å². The maximum absolute atomic E-state index is 12.6. The van der Waals surface area contributed by atoms with Gasteiger partial charge in [0.2, 0.25) is 6.10 Å². The molecule has 3 aromatic rings. The summed E-state index contributed by atoms with van der Waals surface area (Å²) in [5.41, 5.74) is 0.381. The van der Waals surface area contributed by atoms with E-state index in [4.69, 9.17) is 4.74 Å². The number of thiazole rings is 1. The molecule has 0 fully saturated rings. The van der Waals surface area contributed by atoms with Gasteiger partial charge in [-0.15, -0.1) is 0 Å². The van der Waals surface area contributed by atoms with Gasteiger partial charge in [-0.25, -0.2) is 9.78 Å². The van der Waals surface area contributed by atoms with Crippen LogP contribution in [-0.4, -0.2) is 38.5 Å². The summed E-state index contributed by atoms with van der Waals surface area (Å²) < 4.78 is 5.38. The average Bonchev–Trinajstić information content (AvgIpc) is 3.28. The summed E-state index contributed by atoms with van der Waals surface area (Å²) in [6, 6.07) is 7.57. The van der Waals surface area contributed by atoms with Gasteiger partial charge in [0.25, 0.3) is 11.5 Å². The third kappa shape index (κ3) is 3.57. The molecule has 0 unspecified atom stereocenters. The number of fused-ring (bicyclic) bond motifs is 2. The summed E-state index contributed by atoms with van der Waals surface area (Å²) in [5.74, 6) is -3.58. The number of hydrogen-bond acceptors (Lipinski definition) is 10. The lowest BCUT2D eigenvalue weighted by molar-refractivity contribution is -0.518. The van der Waals surface area contributed by atoms with Gasteiger partial charge in [0, 0.05) is 22.6 Å². The van der Waals surface area contributed by atoms with Crippen LogP contribution in [0.5, 0.6) is 0 Å². The van der Waals surface area contributed by atoms with Crippen molar-refractivity contribution >= 4 is 50.0 Å². The third-order valence-corrected chi connectivity index (χ3v) is 5.46. The van der Waals surface area contributed by atoms with Crippen LogP contribution in [0, 0.1) is 20.2 Å². The van der Waals surface area contributed by atoms with E-state index >= 15 is 0 Å². The molecule has 0 saturated carbocycles. The Morgan fingerprint density at radius 2 is 1.90 bits per heavy atom. The Morgan fingerprint density at radius 3 is 2.61 bits per heavy atom. The first-order chi connectivity index (χ1) is 14.8. The van der Waals surface area contributed by atoms with E-state index in [2.05, 4.69) is 10.3 Å². The smallest absolute Gasteiger partial charge is 0.339 e. The number of hydrogen-bond donors (Lipinski definition) is 1. The minimum absolute atomic E-state index is 0.0697. The molecule has 0 radical (unpaired) electrons. The molecule has 2 aromatic carbocycles. The number of carbonyl (C=O) groups excluding carboxylic acids is 3. The molecule has 12 nitrogen and oxygen atoms in total. The largest absolute Gasteiger partial charge is 0.446 e. The summed E-state index contributed by atoms with van der Waals surface area (Å²) >= 11 is 0.861. The van der Waals surface area contributed by atoms with Crippen molar-refractivity contribution in [2.45, 2.75) is 12.1 Å². The van der Waals surface area contributed by atoms with Crippen LogP contribution < -0.4 is 5.32 Å². The molecule has 156 valence electrons. The van der Waals surface area contributed by atoms with Crippen molar-refractivity contribution in [2.24, 2.45) is 0 Å². The summed E-state index contributed by atoms with van der Waals surface area (Å²) in [6.07, 6.45) is -1.55. The Labute approximate surface area is 175 Å². The van der Waals surface area contributed by atoms with Crippen molar-refractivity contribution in [1.29, 1.82) is 0 Å². The highest BCUT2D eigenvalue weighted by Crippen LogP contribution is 2.35. The highest BCUT2D eigenvalue weighted by atomic mass is 32.1. The number of Topliss-reactive ketones (excluding diaryl/α,β-unsaturated/α-hetero) is 1. The summed E-state index contributed by atoms with van der Waals surface area (Å²) in [7, 11) is 0. The first-order valence-electron chi connectivity index (χ1n) is 8.60. The van der Waals surface area contributed by atoms with E-state index in [-0.39, 0.29) is 21.9 Å². The molecular formula is C18H10N4O8S. The van der Waals surface area contributed by atoms with Gasteiger partial charge in [0.15, 0.2) is 5.13 Å². The highest BCUT2D eigenvalue weighted by Gasteiger charge is 2.49. The van der Waals surface area contributed by atoms with E-state index in [1.807, 2.05) is 0 Å². The van der Waals surface area contributed by atoms with Crippen molar-refractivity contribution in [1.82, 2.24) is 4.98 Å². The van der Waals surface area contributed by atoms with Crippen LogP contribution in [0.4, 0.5) is 10.8 Å². The predicted molar refractivity (Wildman–Crippen MR) is 105 cm³/mol. The number of ketones is 1. The van der Waals surface area contributed by atoms with Gasteiger partial charge in [-0.1, -0.05) is 29.5 Å². The lowest BCUT2D eigenvalue weighted by Gasteiger charge is -2.14. The lowest BCUT2D eigenvalue weighted by atomic mass is 9.97. The third-order valence-electron chi connectivity index (χ3n) is 4.53. The number of ether oxygens (including phenoxy) is 1. The molecule has 4 rings (SSSR count). The second kappa shape index (κ2) is 7.53. The fraction of sp³-hybridized carbons (Fsp3) is 0.111. The maximum atomic E-state index is 12.6. The Bertz CT molecular complexity index is 1290. The number of cyclic esters (lactones) is 1. The Kier molecular flexibility index (Phi) is 4.87. The van der Waals surface area contributed by atoms with Gasteiger partial charge < -0.3 is 4.74 Å². The standard InChI is InChI=1S/C18H10N4O8S/c23-14(13(22(28)29)15-9-3-1-2-4-10(9)17(25)30-15)16(24)20-18-19-11-6-5-8(21(26)27)7-12(11)31-18/h1-7,13,15H,(H,19,20,24)/t13-,15+/m0/s1. The van der Waals surface area contributed by atoms with E-state index in [9.17, 15) is 34.6 Å². The molecule has 1 aromatic heterocycles. The predicted octanol–water partition coefficient (Wildman–Crippen LogP) is 2.27. The van der Waals surface area contributed by atoms with Crippen molar-refractivity contribution in [3.05, 3.63) is 73.8 Å². The monoisotopic (exact) mass is 442 g/mol. The maximum Gasteiger partial charge on any atom is 0.339 e. The van der Waals surface area contributed by atoms with Crippen LogP contribution >= 0.6 is 11.3 Å². The Morgan fingerprint density at radius 1 is 1.16 bits per heavy atom. The molecule has 31 heavy (non-hydrogen) atoms. The first-order valence-corrected chi connectivity index (χ1v) is 9.41. The van der Waals surface area contributed by atoms with Crippen LogP contribution in [-0.2, 0) is 14.3 Å². The van der Waals surface area contributed by atoms with Crippen molar-refractivity contribution in [3.8, 4) is 0 Å². The number of non-ortho nitro benzene ring substituents is 1. The number of benzene rings is 2. The van der Waals surface area contributed by atoms with E-state index in [1.54, 1.807) is 0 Å². The minimum Gasteiger partial charge on any atom is -0.446 e. The topological polar surface area (TPSA) is 172 Å². The number of nitrogens with zero attached hydrogens (tertiary/aromatic N) is 3. The van der Waals surface area contributed by atoms with Crippen molar-refractivity contribution in [2.75, 3.05) is 5.32 Å². The first kappa shape index (κ1) is 20.0. The molecular weight excluding hydrogens is 432 g/mol. The molecule has 1 aliphatic rings. The average molecular weight is 442 g/mol. The molecule has 2 atom stereocenters. The number of carbonyl (C=O) groups is 3. The van der Waals surface area contributed by atoms with Gasteiger partial charge in [0.1, 0.15) is 0 Å². The molecule has 1 amide bonds. The molecule has 1 aliphatic heterocycles. The summed E-state index contributed by atoms with van der Waals surface area (Å²) in [4.78, 5) is 61.9. The SMILES string of the molecule is O=C(Nc1nc2ccc([N+](=O)[O-])cc2s1)C(=O)[C@@H]([C@@H]1OC(=O)c2ccccc21)[N+](=O)[O-]. The van der Waals surface area contributed by atoms with Crippen LogP contribution in [0.3, 0.4) is 0 Å². The van der Waals surface area contributed by atoms with Crippen molar-refractivity contribution in [3.63, 3.8) is 0 Å². The Balaban J connectivity index is 1.58. The zero-order valence-corrected chi connectivity index (χ0v) is 16.0. The molecule has 0 spiro atoms. The minimum atomic E-state index is -2.15.